The number of nitrogens with two attached hydrogens (primary N) is 1. The van der Waals surface area contributed by atoms with Gasteiger partial charge in [-0.1, -0.05) is 5.21 Å². The third-order valence-electron chi connectivity index (χ3n) is 4.26. The third kappa shape index (κ3) is 4.51. The number of hydrogen-bond donors (Lipinski definition) is 6. The maximum Gasteiger partial charge on any atom is 0.340 e. The monoisotopic (exact) mass is 458 g/mol. The Morgan fingerprint density at radius 3 is 2.54 bits per heavy atom. The van der Waals surface area contributed by atoms with Gasteiger partial charge in [0.25, 0.3) is 0 Å². The van der Waals surface area contributed by atoms with E-state index >= 15 is 0 Å². The van der Waals surface area contributed by atoms with Crippen molar-refractivity contribution in [3.05, 3.63) is 5.28 Å². The molecule has 17 heteroatoms. The third-order valence-corrected chi connectivity index (χ3v) is 7.89. The van der Waals surface area contributed by atoms with Crippen molar-refractivity contribution in [1.82, 2.24) is 25.0 Å². The van der Waals surface area contributed by atoms with Crippen molar-refractivity contribution in [3.63, 3.8) is 0 Å². The molecule has 0 aromatic carbocycles. The van der Waals surface area contributed by atoms with E-state index in [1.807, 2.05) is 0 Å². The smallest absolute Gasteiger partial charge is 0.340 e. The van der Waals surface area contributed by atoms with Gasteiger partial charge in [0.2, 0.25) is 5.28 Å². The van der Waals surface area contributed by atoms with Crippen molar-refractivity contribution in [2.24, 2.45) is 5.92 Å². The number of hydrogen-bond acceptors (Lipinski definition) is 10. The van der Waals surface area contributed by atoms with Gasteiger partial charge in [-0.25, -0.2) is 4.68 Å². The quantitative estimate of drug-likeness (QED) is 0.227. The number of aromatic nitrogens is 5. The first-order valence-electron chi connectivity index (χ1n) is 7.79. The van der Waals surface area contributed by atoms with E-state index < -0.39 is 51.9 Å². The second kappa shape index (κ2) is 7.56. The normalized spacial score (nSPS) is 27.9. The van der Waals surface area contributed by atoms with Gasteiger partial charge in [0.05, 0.1) is 18.8 Å². The van der Waals surface area contributed by atoms with E-state index in [2.05, 4.69) is 20.3 Å². The van der Waals surface area contributed by atoms with Crippen molar-refractivity contribution in [2.45, 2.75) is 24.7 Å². The van der Waals surface area contributed by atoms with Crippen LogP contribution in [0.1, 0.15) is 12.5 Å². The van der Waals surface area contributed by atoms with Crippen molar-refractivity contribution in [3.8, 4) is 0 Å². The number of fused-ring (bicyclic) bond motifs is 1. The molecule has 2 heterocycles. The Hall–Kier alpha value is -1.21. The predicted octanol–water partition coefficient (Wildman–Crippen LogP) is -0.923. The van der Waals surface area contributed by atoms with Gasteiger partial charge in [0, 0.05) is 5.92 Å². The molecule has 28 heavy (non-hydrogen) atoms. The summed E-state index contributed by atoms with van der Waals surface area (Å²) < 4.78 is 28.6. The Morgan fingerprint density at radius 2 is 1.89 bits per heavy atom. The van der Waals surface area contributed by atoms with Crippen molar-refractivity contribution < 1.29 is 38.5 Å². The van der Waals surface area contributed by atoms with Gasteiger partial charge in [-0.3, -0.25) is 9.13 Å². The molecule has 0 bridgehead atoms. The van der Waals surface area contributed by atoms with Gasteiger partial charge in [-0.2, -0.15) is 9.97 Å². The molecule has 0 saturated heterocycles. The molecular weight excluding hydrogens is 442 g/mol. The number of anilines is 1. The van der Waals surface area contributed by atoms with E-state index in [1.54, 1.807) is 0 Å². The lowest BCUT2D eigenvalue weighted by Crippen LogP contribution is -2.31. The fourth-order valence-electron chi connectivity index (χ4n) is 3.04. The van der Waals surface area contributed by atoms with Crippen molar-refractivity contribution in [1.29, 1.82) is 0 Å². The maximum atomic E-state index is 11.8. The summed E-state index contributed by atoms with van der Waals surface area (Å²) in [5, 5.41) is 28.1. The molecular formula is C11H17ClN6O8P2. The molecule has 0 spiro atoms. The second-order valence-electron chi connectivity index (χ2n) is 6.37. The van der Waals surface area contributed by atoms with Crippen LogP contribution in [0.2, 0.25) is 5.28 Å². The van der Waals surface area contributed by atoms with Gasteiger partial charge in [-0.15, -0.1) is 5.10 Å². The van der Waals surface area contributed by atoms with Gasteiger partial charge >= 0.3 is 15.2 Å². The highest BCUT2D eigenvalue weighted by Crippen LogP contribution is 2.56. The summed E-state index contributed by atoms with van der Waals surface area (Å²) in [6, 6.07) is -0.834. The number of halogens is 1. The molecule has 1 fully saturated rings. The fourth-order valence-corrected chi connectivity index (χ4v) is 5.82. The first kappa shape index (κ1) is 21.5. The molecule has 0 aliphatic heterocycles. The molecule has 2 aromatic rings. The first-order chi connectivity index (χ1) is 12.9. The Morgan fingerprint density at radius 1 is 1.21 bits per heavy atom. The van der Waals surface area contributed by atoms with Crippen LogP contribution >= 0.6 is 26.8 Å². The molecule has 3 rings (SSSR count). The van der Waals surface area contributed by atoms with Crippen LogP contribution in [0.25, 0.3) is 11.2 Å². The maximum absolute atomic E-state index is 11.8. The van der Waals surface area contributed by atoms with E-state index in [0.717, 1.165) is 0 Å². The summed E-state index contributed by atoms with van der Waals surface area (Å²) in [5.74, 6) is -2.20. The Balaban J connectivity index is 1.78. The molecule has 1 saturated carbocycles. The van der Waals surface area contributed by atoms with Gasteiger partial charge < -0.3 is 35.2 Å². The molecule has 5 atom stereocenters. The molecule has 0 amide bonds. The largest absolute Gasteiger partial charge is 0.390 e. The number of aliphatic hydroxyl groups is 2. The van der Waals surface area contributed by atoms with Crippen LogP contribution in [0.5, 0.6) is 0 Å². The first-order valence-corrected chi connectivity index (χ1v) is 11.7. The summed E-state index contributed by atoms with van der Waals surface area (Å²) in [6.45, 7) is -0.521. The molecule has 1 aliphatic rings. The van der Waals surface area contributed by atoms with Crippen molar-refractivity contribution in [2.75, 3.05) is 18.2 Å². The SMILES string of the molecule is Nc1nc(Cl)nc2c1nnn2[C@@H]1C[C@H](COP(=O)(O)CP(=O)(O)O)[C@@H](O)[C@H]1O. The van der Waals surface area contributed by atoms with Gasteiger partial charge in [-0.05, 0) is 18.0 Å². The molecule has 2 aromatic heterocycles. The zero-order chi connectivity index (χ0) is 20.9. The van der Waals surface area contributed by atoms with Crippen LogP contribution < -0.4 is 5.73 Å². The standard InChI is InChI=1S/C11H17ClN6O8P2/c12-11-14-9(13)6-10(15-11)18(17-16-6)5-1-4(7(19)8(5)20)2-26-28(24,25)3-27(21,22)23/h4-5,7-8,19-20H,1-3H2,(H,24,25)(H2,13,14,15)(H2,21,22,23)/t4-,5-,7-,8+/m1/s1. The molecule has 1 aliphatic carbocycles. The fraction of sp³-hybridized carbons (Fsp3) is 0.636. The lowest BCUT2D eigenvalue weighted by Gasteiger charge is -2.19. The lowest BCUT2D eigenvalue weighted by atomic mass is 10.1. The summed E-state index contributed by atoms with van der Waals surface area (Å²) in [5.41, 5.74) is 5.97. The van der Waals surface area contributed by atoms with Crippen LogP contribution in [0.15, 0.2) is 0 Å². The van der Waals surface area contributed by atoms with Crippen LogP contribution in [-0.2, 0) is 13.7 Å². The van der Waals surface area contributed by atoms with Crippen LogP contribution in [0.4, 0.5) is 5.82 Å². The average Bonchev–Trinajstić information content (AvgIpc) is 3.06. The van der Waals surface area contributed by atoms with Crippen LogP contribution in [-0.4, -0.2) is 74.6 Å². The van der Waals surface area contributed by atoms with Gasteiger partial charge in [0.15, 0.2) is 22.9 Å². The van der Waals surface area contributed by atoms with E-state index in [4.69, 9.17) is 31.6 Å². The topological polar surface area (TPSA) is 227 Å². The molecule has 7 N–H and O–H groups in total. The average molecular weight is 459 g/mol. The van der Waals surface area contributed by atoms with Crippen LogP contribution in [0, 0.1) is 5.92 Å². The summed E-state index contributed by atoms with van der Waals surface area (Å²) in [4.78, 5) is 34.9. The summed E-state index contributed by atoms with van der Waals surface area (Å²) in [6.07, 6.45) is -2.68. The number of nitrogen functional groups attached to an aromatic ring is 1. The Labute approximate surface area is 162 Å². The van der Waals surface area contributed by atoms with E-state index in [0.29, 0.717) is 0 Å². The van der Waals surface area contributed by atoms with E-state index in [9.17, 15) is 24.2 Å². The van der Waals surface area contributed by atoms with E-state index in [-0.39, 0.29) is 28.7 Å². The minimum atomic E-state index is -4.78. The van der Waals surface area contributed by atoms with E-state index in [1.165, 1.54) is 4.68 Å². The highest BCUT2D eigenvalue weighted by atomic mass is 35.5. The van der Waals surface area contributed by atoms with Crippen molar-refractivity contribution >= 4 is 43.8 Å². The number of nitrogens with zero attached hydrogens (tertiary/aromatic N) is 5. The predicted molar refractivity (Wildman–Crippen MR) is 94.4 cm³/mol. The molecule has 156 valence electrons. The Kier molecular flexibility index (Phi) is 5.80. The summed E-state index contributed by atoms with van der Waals surface area (Å²) in [7, 11) is -9.37. The van der Waals surface area contributed by atoms with Gasteiger partial charge in [0.1, 0.15) is 6.10 Å². The number of aliphatic hydroxyl groups excluding tert-OH is 2. The highest BCUT2D eigenvalue weighted by Gasteiger charge is 2.45. The second-order valence-corrected chi connectivity index (χ2v) is 10.7. The highest BCUT2D eigenvalue weighted by molar-refractivity contribution is 7.70. The zero-order valence-electron chi connectivity index (χ0n) is 14.0. The summed E-state index contributed by atoms with van der Waals surface area (Å²) >= 11 is 5.78. The lowest BCUT2D eigenvalue weighted by molar-refractivity contribution is -0.00362. The zero-order valence-corrected chi connectivity index (χ0v) is 16.5. The van der Waals surface area contributed by atoms with Crippen LogP contribution in [0.3, 0.4) is 0 Å². The molecule has 1 unspecified atom stereocenters. The minimum absolute atomic E-state index is 0.0205. The molecule has 14 nitrogen and oxygen atoms in total. The number of rotatable bonds is 6. The Bertz CT molecular complexity index is 983. The minimum Gasteiger partial charge on any atom is -0.390 e. The molecule has 0 radical (unpaired) electrons.